The molecule has 116 valence electrons. The Kier molecular flexibility index (Phi) is 6.99. The van der Waals surface area contributed by atoms with Gasteiger partial charge in [-0.3, -0.25) is 9.69 Å². The van der Waals surface area contributed by atoms with Gasteiger partial charge in [0.2, 0.25) is 5.91 Å². The Balaban J connectivity index is 2.60. The first-order valence-electron chi connectivity index (χ1n) is 7.74. The zero-order valence-electron chi connectivity index (χ0n) is 12.9. The predicted octanol–water partition coefficient (Wildman–Crippen LogP) is 1.87. The van der Waals surface area contributed by atoms with Gasteiger partial charge >= 0.3 is 5.97 Å². The number of hydrogen-bond donors (Lipinski definition) is 2. The minimum absolute atomic E-state index is 0.0622. The van der Waals surface area contributed by atoms with Gasteiger partial charge in [0.15, 0.2) is 0 Å². The van der Waals surface area contributed by atoms with Gasteiger partial charge < -0.3 is 10.4 Å². The van der Waals surface area contributed by atoms with Crippen LogP contribution in [-0.2, 0) is 9.59 Å². The van der Waals surface area contributed by atoms with Crippen molar-refractivity contribution in [2.24, 2.45) is 5.92 Å². The molecule has 5 heteroatoms. The van der Waals surface area contributed by atoms with Crippen LogP contribution < -0.4 is 5.32 Å². The molecule has 1 fully saturated rings. The predicted molar refractivity (Wildman–Crippen MR) is 78.5 cm³/mol. The first-order valence-corrected chi connectivity index (χ1v) is 7.74. The van der Waals surface area contributed by atoms with Crippen molar-refractivity contribution in [3.05, 3.63) is 0 Å². The van der Waals surface area contributed by atoms with Crippen LogP contribution >= 0.6 is 0 Å². The molecule has 1 saturated heterocycles. The normalized spacial score (nSPS) is 21.6. The molecule has 1 rings (SSSR count). The van der Waals surface area contributed by atoms with Gasteiger partial charge in [-0.1, -0.05) is 33.1 Å². The minimum atomic E-state index is -0.948. The Hall–Kier alpha value is -1.10. The van der Waals surface area contributed by atoms with Crippen LogP contribution in [-0.4, -0.2) is 47.1 Å². The second-order valence-electron chi connectivity index (χ2n) is 5.84. The van der Waals surface area contributed by atoms with Gasteiger partial charge in [-0.05, 0) is 38.8 Å². The van der Waals surface area contributed by atoms with Crippen LogP contribution in [0.15, 0.2) is 0 Å². The maximum atomic E-state index is 12.3. The van der Waals surface area contributed by atoms with E-state index in [1.165, 1.54) is 12.8 Å². The van der Waals surface area contributed by atoms with Crippen LogP contribution in [0.2, 0.25) is 0 Å². The number of rotatable bonds is 6. The summed E-state index contributed by atoms with van der Waals surface area (Å²) in [6, 6.07) is -1.04. The van der Waals surface area contributed by atoms with Crippen molar-refractivity contribution in [1.82, 2.24) is 10.2 Å². The molecule has 1 aliphatic heterocycles. The SMILES string of the molecule is CC[C@H](C)[C@H](NC(=O)[C@@H](C)N1CCCCCC1)C(=O)O. The van der Waals surface area contributed by atoms with Gasteiger partial charge in [-0.2, -0.15) is 0 Å². The number of carbonyl (C=O) groups is 2. The third kappa shape index (κ3) is 4.78. The lowest BCUT2D eigenvalue weighted by molar-refractivity contribution is -0.144. The summed E-state index contributed by atoms with van der Waals surface area (Å²) in [5.74, 6) is -1.18. The summed E-state index contributed by atoms with van der Waals surface area (Å²) in [7, 11) is 0. The number of carboxylic acid groups (broad SMARTS) is 1. The Morgan fingerprint density at radius 1 is 1.15 bits per heavy atom. The maximum absolute atomic E-state index is 12.3. The molecular formula is C15H28N2O3. The van der Waals surface area contributed by atoms with E-state index in [0.717, 1.165) is 32.4 Å². The highest BCUT2D eigenvalue weighted by atomic mass is 16.4. The van der Waals surface area contributed by atoms with Crippen molar-refractivity contribution in [1.29, 1.82) is 0 Å². The summed E-state index contributed by atoms with van der Waals surface area (Å²) in [5, 5.41) is 11.9. The summed E-state index contributed by atoms with van der Waals surface area (Å²) in [5.41, 5.74) is 0. The first-order chi connectivity index (χ1) is 9.47. The van der Waals surface area contributed by atoms with Crippen molar-refractivity contribution < 1.29 is 14.7 Å². The van der Waals surface area contributed by atoms with Gasteiger partial charge in [-0.25, -0.2) is 4.79 Å². The number of hydrogen-bond acceptors (Lipinski definition) is 3. The molecule has 0 spiro atoms. The molecule has 0 saturated carbocycles. The third-order valence-electron chi connectivity index (χ3n) is 4.34. The minimum Gasteiger partial charge on any atom is -0.480 e. The van der Waals surface area contributed by atoms with E-state index in [0.29, 0.717) is 0 Å². The van der Waals surface area contributed by atoms with E-state index in [4.69, 9.17) is 0 Å². The van der Waals surface area contributed by atoms with Crippen LogP contribution in [0.3, 0.4) is 0 Å². The summed E-state index contributed by atoms with van der Waals surface area (Å²) in [6.45, 7) is 7.52. The van der Waals surface area contributed by atoms with Crippen LogP contribution in [0.5, 0.6) is 0 Å². The van der Waals surface area contributed by atoms with Gasteiger partial charge in [-0.15, -0.1) is 0 Å². The Morgan fingerprint density at radius 2 is 1.70 bits per heavy atom. The third-order valence-corrected chi connectivity index (χ3v) is 4.34. The highest BCUT2D eigenvalue weighted by molar-refractivity contribution is 5.86. The van der Waals surface area contributed by atoms with Crippen molar-refractivity contribution in [2.45, 2.75) is 65.0 Å². The molecule has 2 N–H and O–H groups in total. The van der Waals surface area contributed by atoms with E-state index >= 15 is 0 Å². The van der Waals surface area contributed by atoms with E-state index in [-0.39, 0.29) is 17.9 Å². The molecule has 0 radical (unpaired) electrons. The first kappa shape index (κ1) is 17.0. The molecule has 5 nitrogen and oxygen atoms in total. The van der Waals surface area contributed by atoms with E-state index in [1.54, 1.807) is 0 Å². The number of carboxylic acids is 1. The quantitative estimate of drug-likeness (QED) is 0.781. The lowest BCUT2D eigenvalue weighted by atomic mass is 9.99. The number of likely N-dealkylation sites (tertiary alicyclic amines) is 1. The molecule has 20 heavy (non-hydrogen) atoms. The van der Waals surface area contributed by atoms with E-state index in [2.05, 4.69) is 10.2 Å². The highest BCUT2D eigenvalue weighted by Gasteiger charge is 2.29. The zero-order chi connectivity index (χ0) is 15.1. The second-order valence-corrected chi connectivity index (χ2v) is 5.84. The molecular weight excluding hydrogens is 256 g/mol. The average molecular weight is 284 g/mol. The topological polar surface area (TPSA) is 69.6 Å². The summed E-state index contributed by atoms with van der Waals surface area (Å²) < 4.78 is 0. The Morgan fingerprint density at radius 3 is 2.15 bits per heavy atom. The van der Waals surface area contributed by atoms with Gasteiger partial charge in [0.05, 0.1) is 6.04 Å². The molecule has 0 aliphatic carbocycles. The van der Waals surface area contributed by atoms with Crippen molar-refractivity contribution in [3.63, 3.8) is 0 Å². The zero-order valence-corrected chi connectivity index (χ0v) is 12.9. The summed E-state index contributed by atoms with van der Waals surface area (Å²) in [6.07, 6.45) is 5.40. The number of aliphatic carboxylic acids is 1. The van der Waals surface area contributed by atoms with Crippen LogP contribution in [0, 0.1) is 5.92 Å². The summed E-state index contributed by atoms with van der Waals surface area (Å²) in [4.78, 5) is 25.7. The highest BCUT2D eigenvalue weighted by Crippen LogP contribution is 2.14. The average Bonchev–Trinajstić information content (AvgIpc) is 2.71. The fourth-order valence-electron chi connectivity index (χ4n) is 2.61. The van der Waals surface area contributed by atoms with E-state index in [9.17, 15) is 14.7 Å². The van der Waals surface area contributed by atoms with E-state index < -0.39 is 12.0 Å². The number of carbonyl (C=O) groups excluding carboxylic acids is 1. The monoisotopic (exact) mass is 284 g/mol. The lowest BCUT2D eigenvalue weighted by Gasteiger charge is -2.29. The largest absolute Gasteiger partial charge is 0.480 e. The number of nitrogens with one attached hydrogen (secondary N) is 1. The van der Waals surface area contributed by atoms with Crippen LogP contribution in [0.25, 0.3) is 0 Å². The van der Waals surface area contributed by atoms with Crippen LogP contribution in [0.1, 0.15) is 52.9 Å². The van der Waals surface area contributed by atoms with Gasteiger partial charge in [0.25, 0.3) is 0 Å². The summed E-state index contributed by atoms with van der Waals surface area (Å²) >= 11 is 0. The lowest BCUT2D eigenvalue weighted by Crippen LogP contribution is -2.52. The van der Waals surface area contributed by atoms with Crippen molar-refractivity contribution >= 4 is 11.9 Å². The smallest absolute Gasteiger partial charge is 0.326 e. The standard InChI is InChI=1S/C15H28N2O3/c1-4-11(2)13(15(19)20)16-14(18)12(3)17-9-7-5-6-8-10-17/h11-13H,4-10H2,1-3H3,(H,16,18)(H,19,20)/t11-,12+,13-/m0/s1. The van der Waals surface area contributed by atoms with Gasteiger partial charge in [0.1, 0.15) is 6.04 Å². The van der Waals surface area contributed by atoms with Gasteiger partial charge in [0, 0.05) is 0 Å². The Labute approximate surface area is 121 Å². The second kappa shape index (κ2) is 8.25. The Bertz CT molecular complexity index is 325. The fraction of sp³-hybridized carbons (Fsp3) is 0.867. The molecule has 0 aromatic carbocycles. The number of amides is 1. The van der Waals surface area contributed by atoms with Crippen molar-refractivity contribution in [2.75, 3.05) is 13.1 Å². The van der Waals surface area contributed by atoms with E-state index in [1.807, 2.05) is 20.8 Å². The molecule has 1 aliphatic rings. The molecule has 0 bridgehead atoms. The molecule has 0 aromatic rings. The van der Waals surface area contributed by atoms with Crippen LogP contribution in [0.4, 0.5) is 0 Å². The molecule has 0 unspecified atom stereocenters. The molecule has 1 heterocycles. The molecule has 1 amide bonds. The molecule has 3 atom stereocenters. The van der Waals surface area contributed by atoms with Crippen molar-refractivity contribution in [3.8, 4) is 0 Å². The fourth-order valence-corrected chi connectivity index (χ4v) is 2.61. The maximum Gasteiger partial charge on any atom is 0.326 e. The number of nitrogens with zero attached hydrogens (tertiary/aromatic N) is 1. The molecule has 0 aromatic heterocycles.